The number of ether oxygens (including phenoxy) is 3. The number of nitrogens with zero attached hydrogens (tertiary/aromatic N) is 2. The maximum Gasteiger partial charge on any atom is 0.0952 e. The van der Waals surface area contributed by atoms with Gasteiger partial charge in [0.15, 0.2) is 0 Å². The summed E-state index contributed by atoms with van der Waals surface area (Å²) in [4.78, 5) is 4.23. The van der Waals surface area contributed by atoms with Crippen LogP contribution >= 0.6 is 0 Å². The molecule has 1 aromatic heterocycles. The Bertz CT molecular complexity index is 313. The van der Waals surface area contributed by atoms with Crippen LogP contribution in [0.15, 0.2) is 6.33 Å². The van der Waals surface area contributed by atoms with E-state index in [2.05, 4.69) is 16.5 Å². The van der Waals surface area contributed by atoms with Crippen LogP contribution in [0, 0.1) is 13.8 Å². The fourth-order valence-corrected chi connectivity index (χ4v) is 1.40. The Hall–Kier alpha value is -0.910. The molecule has 0 aliphatic heterocycles. The van der Waals surface area contributed by atoms with Crippen LogP contribution in [0.3, 0.4) is 0 Å². The summed E-state index contributed by atoms with van der Waals surface area (Å²) in [6, 6.07) is 0. The van der Waals surface area contributed by atoms with E-state index in [0.29, 0.717) is 33.0 Å². The summed E-state index contributed by atoms with van der Waals surface area (Å²) in [5.41, 5.74) is 2.28. The molecule has 0 unspecified atom stereocenters. The average Bonchev–Trinajstić information content (AvgIpc) is 2.64. The molecule has 0 saturated carbocycles. The first kappa shape index (κ1) is 14.2. The molecule has 0 spiro atoms. The number of methoxy groups -OCH3 is 1. The lowest BCUT2D eigenvalue weighted by Crippen LogP contribution is -2.12. The fraction of sp³-hybridized carbons (Fsp3) is 0.750. The van der Waals surface area contributed by atoms with Crippen LogP contribution in [-0.2, 0) is 20.8 Å². The van der Waals surface area contributed by atoms with Gasteiger partial charge in [-0.15, -0.1) is 0 Å². The van der Waals surface area contributed by atoms with Crippen molar-refractivity contribution in [2.24, 2.45) is 0 Å². The van der Waals surface area contributed by atoms with Gasteiger partial charge in [0.1, 0.15) is 0 Å². The van der Waals surface area contributed by atoms with Crippen LogP contribution in [0.1, 0.15) is 11.4 Å². The minimum Gasteiger partial charge on any atom is -0.382 e. The van der Waals surface area contributed by atoms with Crippen LogP contribution in [0.5, 0.6) is 0 Å². The van der Waals surface area contributed by atoms with Crippen molar-refractivity contribution < 1.29 is 14.2 Å². The SMILES string of the molecule is COCCOCCOCCn1cnc(C)c1C. The van der Waals surface area contributed by atoms with Crippen LogP contribution in [0.4, 0.5) is 0 Å². The number of hydrogen-bond acceptors (Lipinski definition) is 4. The van der Waals surface area contributed by atoms with E-state index >= 15 is 0 Å². The van der Waals surface area contributed by atoms with Gasteiger partial charge in [0.2, 0.25) is 0 Å². The molecule has 0 N–H and O–H groups in total. The zero-order valence-electron chi connectivity index (χ0n) is 10.9. The van der Waals surface area contributed by atoms with Gasteiger partial charge >= 0.3 is 0 Å². The third-order valence-electron chi connectivity index (χ3n) is 2.63. The number of hydrogen-bond donors (Lipinski definition) is 0. The van der Waals surface area contributed by atoms with Gasteiger partial charge in [-0.25, -0.2) is 4.98 Å². The normalized spacial score (nSPS) is 11.0. The Kier molecular flexibility index (Phi) is 6.84. The third kappa shape index (κ3) is 5.30. The predicted octanol–water partition coefficient (Wildman–Crippen LogP) is 1.18. The van der Waals surface area contributed by atoms with E-state index in [0.717, 1.165) is 12.2 Å². The summed E-state index contributed by atoms with van der Waals surface area (Å²) in [5.74, 6) is 0. The molecule has 5 nitrogen and oxygen atoms in total. The van der Waals surface area contributed by atoms with Crippen LogP contribution in [-0.4, -0.2) is 49.7 Å². The average molecular weight is 242 g/mol. The molecular weight excluding hydrogens is 220 g/mol. The van der Waals surface area contributed by atoms with Gasteiger partial charge in [-0.1, -0.05) is 0 Å². The zero-order valence-corrected chi connectivity index (χ0v) is 10.9. The Morgan fingerprint density at radius 1 is 1.06 bits per heavy atom. The van der Waals surface area contributed by atoms with Crippen molar-refractivity contribution in [2.75, 3.05) is 40.1 Å². The van der Waals surface area contributed by atoms with Crippen LogP contribution in [0.2, 0.25) is 0 Å². The third-order valence-corrected chi connectivity index (χ3v) is 2.63. The van der Waals surface area contributed by atoms with Crippen molar-refractivity contribution >= 4 is 0 Å². The second kappa shape index (κ2) is 8.22. The van der Waals surface area contributed by atoms with E-state index < -0.39 is 0 Å². The minimum absolute atomic E-state index is 0.616. The first-order valence-corrected chi connectivity index (χ1v) is 5.88. The molecular formula is C12H22N2O3. The second-order valence-electron chi connectivity index (χ2n) is 3.83. The highest BCUT2D eigenvalue weighted by Gasteiger charge is 2.00. The molecule has 0 aliphatic carbocycles. The monoisotopic (exact) mass is 242 g/mol. The molecule has 0 radical (unpaired) electrons. The molecule has 98 valence electrons. The summed E-state index contributed by atoms with van der Waals surface area (Å²) < 4.78 is 17.7. The van der Waals surface area contributed by atoms with Crippen molar-refractivity contribution in [2.45, 2.75) is 20.4 Å². The Labute approximate surface area is 103 Å². The quantitative estimate of drug-likeness (QED) is 0.610. The van der Waals surface area contributed by atoms with E-state index in [4.69, 9.17) is 14.2 Å². The largest absolute Gasteiger partial charge is 0.382 e. The topological polar surface area (TPSA) is 45.5 Å². The number of rotatable bonds is 9. The Balaban J connectivity index is 1.99. The van der Waals surface area contributed by atoms with Crippen molar-refractivity contribution in [3.8, 4) is 0 Å². The predicted molar refractivity (Wildman–Crippen MR) is 65.2 cm³/mol. The lowest BCUT2D eigenvalue weighted by Gasteiger charge is -2.07. The molecule has 5 heteroatoms. The molecule has 17 heavy (non-hydrogen) atoms. The highest BCUT2D eigenvalue weighted by Crippen LogP contribution is 2.03. The lowest BCUT2D eigenvalue weighted by molar-refractivity contribution is 0.0230. The Morgan fingerprint density at radius 2 is 1.71 bits per heavy atom. The minimum atomic E-state index is 0.616. The van der Waals surface area contributed by atoms with Crippen molar-refractivity contribution in [1.29, 1.82) is 0 Å². The van der Waals surface area contributed by atoms with E-state index in [-0.39, 0.29) is 0 Å². The van der Waals surface area contributed by atoms with Gasteiger partial charge in [-0.05, 0) is 13.8 Å². The van der Waals surface area contributed by atoms with Gasteiger partial charge in [-0.2, -0.15) is 0 Å². The molecule has 0 aliphatic rings. The molecule has 0 saturated heterocycles. The van der Waals surface area contributed by atoms with Crippen LogP contribution < -0.4 is 0 Å². The molecule has 0 amide bonds. The standard InChI is InChI=1S/C12H22N2O3/c1-11-12(2)14(10-13-11)4-5-16-8-9-17-7-6-15-3/h10H,4-9H2,1-3H3. The van der Waals surface area contributed by atoms with E-state index in [1.807, 2.05) is 13.3 Å². The summed E-state index contributed by atoms with van der Waals surface area (Å²) in [6.07, 6.45) is 1.85. The number of aryl methyl sites for hydroxylation is 1. The van der Waals surface area contributed by atoms with E-state index in [1.54, 1.807) is 7.11 Å². The maximum atomic E-state index is 5.47. The van der Waals surface area contributed by atoms with Crippen LogP contribution in [0.25, 0.3) is 0 Å². The highest BCUT2D eigenvalue weighted by atomic mass is 16.5. The molecule has 0 atom stereocenters. The molecule has 1 rings (SSSR count). The highest BCUT2D eigenvalue weighted by molar-refractivity contribution is 5.08. The van der Waals surface area contributed by atoms with E-state index in [9.17, 15) is 0 Å². The summed E-state index contributed by atoms with van der Waals surface area (Å²) in [7, 11) is 1.66. The number of aromatic nitrogens is 2. The van der Waals surface area contributed by atoms with Gasteiger partial charge in [0.25, 0.3) is 0 Å². The first-order chi connectivity index (χ1) is 8.25. The zero-order chi connectivity index (χ0) is 12.5. The number of imidazole rings is 1. The smallest absolute Gasteiger partial charge is 0.0952 e. The lowest BCUT2D eigenvalue weighted by atomic mass is 10.4. The maximum absolute atomic E-state index is 5.47. The van der Waals surface area contributed by atoms with Gasteiger partial charge in [-0.3, -0.25) is 0 Å². The first-order valence-electron chi connectivity index (χ1n) is 5.88. The van der Waals surface area contributed by atoms with Crippen molar-refractivity contribution in [3.05, 3.63) is 17.7 Å². The molecule has 0 aromatic carbocycles. The molecule has 1 heterocycles. The summed E-state index contributed by atoms with van der Waals surface area (Å²) >= 11 is 0. The molecule has 0 fully saturated rings. The summed E-state index contributed by atoms with van der Waals surface area (Å²) in [5, 5.41) is 0. The molecule has 0 bridgehead atoms. The summed E-state index contributed by atoms with van der Waals surface area (Å²) in [6.45, 7) is 8.09. The van der Waals surface area contributed by atoms with Gasteiger partial charge < -0.3 is 18.8 Å². The fourth-order valence-electron chi connectivity index (χ4n) is 1.40. The van der Waals surface area contributed by atoms with Gasteiger partial charge in [0.05, 0.1) is 45.1 Å². The van der Waals surface area contributed by atoms with E-state index in [1.165, 1.54) is 5.69 Å². The molecule has 1 aromatic rings. The van der Waals surface area contributed by atoms with Gasteiger partial charge in [0, 0.05) is 19.3 Å². The van der Waals surface area contributed by atoms with Crippen molar-refractivity contribution in [1.82, 2.24) is 9.55 Å². The second-order valence-corrected chi connectivity index (χ2v) is 3.83. The van der Waals surface area contributed by atoms with Crippen molar-refractivity contribution in [3.63, 3.8) is 0 Å². The Morgan fingerprint density at radius 3 is 2.29 bits per heavy atom.